The number of carbonyl (C=O) groups is 1. The fourth-order valence-electron chi connectivity index (χ4n) is 3.73. The van der Waals surface area contributed by atoms with E-state index >= 15 is 0 Å². The molecule has 1 amide bonds. The molecule has 1 saturated heterocycles. The van der Waals surface area contributed by atoms with Crippen molar-refractivity contribution in [3.8, 4) is 0 Å². The smallest absolute Gasteiger partial charge is 0.264 e. The first-order chi connectivity index (χ1) is 14.5. The number of carbonyl (C=O) groups excluding carboxylic acids is 1. The van der Waals surface area contributed by atoms with Crippen LogP contribution in [0.2, 0.25) is 5.02 Å². The molecule has 1 aliphatic heterocycles. The van der Waals surface area contributed by atoms with Crippen LogP contribution in [0.25, 0.3) is 0 Å². The molecule has 168 valence electrons. The molecule has 3 rings (SSSR count). The zero-order valence-electron chi connectivity index (χ0n) is 18.5. The van der Waals surface area contributed by atoms with Crippen LogP contribution < -0.4 is 4.31 Å². The van der Waals surface area contributed by atoms with E-state index in [1.54, 1.807) is 36.4 Å². The van der Waals surface area contributed by atoms with Crippen molar-refractivity contribution in [2.45, 2.75) is 37.6 Å². The summed E-state index contributed by atoms with van der Waals surface area (Å²) < 4.78 is 27.5. The maximum absolute atomic E-state index is 13.2. The minimum atomic E-state index is -3.84. The first kappa shape index (κ1) is 23.6. The van der Waals surface area contributed by atoms with Crippen LogP contribution in [0.3, 0.4) is 0 Å². The Labute approximate surface area is 190 Å². The molecule has 0 aliphatic carbocycles. The zero-order valence-corrected chi connectivity index (χ0v) is 20.1. The minimum Gasteiger partial charge on any atom is -0.337 e. The largest absolute Gasteiger partial charge is 0.337 e. The number of amides is 1. The summed E-state index contributed by atoms with van der Waals surface area (Å²) in [6.45, 7) is 9.54. The Morgan fingerprint density at radius 2 is 1.71 bits per heavy atom. The monoisotopic (exact) mass is 463 g/mol. The van der Waals surface area contributed by atoms with E-state index in [0.29, 0.717) is 29.4 Å². The topological polar surface area (TPSA) is 60.9 Å². The molecular weight excluding hydrogens is 434 g/mol. The molecule has 0 atom stereocenters. The zero-order chi connectivity index (χ0) is 22.8. The lowest BCUT2D eigenvalue weighted by Gasteiger charge is -2.34. The molecule has 1 aliphatic rings. The fourth-order valence-corrected chi connectivity index (χ4v) is 5.15. The second-order valence-corrected chi connectivity index (χ2v) is 11.2. The van der Waals surface area contributed by atoms with Crippen molar-refractivity contribution in [3.63, 3.8) is 0 Å². The van der Waals surface area contributed by atoms with Crippen LogP contribution in [-0.2, 0) is 10.0 Å². The molecule has 0 spiro atoms. The van der Waals surface area contributed by atoms with E-state index in [-0.39, 0.29) is 16.3 Å². The molecule has 2 aromatic rings. The van der Waals surface area contributed by atoms with E-state index in [1.165, 1.54) is 23.5 Å². The number of hydrogen-bond acceptors (Lipinski definition) is 4. The summed E-state index contributed by atoms with van der Waals surface area (Å²) in [5.74, 6) is -0.141. The highest BCUT2D eigenvalue weighted by atomic mass is 35.5. The third-order valence-corrected chi connectivity index (χ3v) is 7.66. The lowest BCUT2D eigenvalue weighted by Crippen LogP contribution is -2.44. The van der Waals surface area contributed by atoms with Crippen molar-refractivity contribution >= 4 is 33.2 Å². The molecule has 0 bridgehead atoms. The van der Waals surface area contributed by atoms with Gasteiger partial charge in [0.15, 0.2) is 0 Å². The fraction of sp³-hybridized carbons (Fsp3) is 0.435. The van der Waals surface area contributed by atoms with Crippen molar-refractivity contribution in [1.29, 1.82) is 0 Å². The van der Waals surface area contributed by atoms with Gasteiger partial charge >= 0.3 is 0 Å². The third-order valence-electron chi connectivity index (χ3n) is 5.64. The van der Waals surface area contributed by atoms with Gasteiger partial charge in [0.2, 0.25) is 0 Å². The first-order valence-corrected chi connectivity index (χ1v) is 12.2. The number of anilines is 1. The Kier molecular flexibility index (Phi) is 6.98. The summed E-state index contributed by atoms with van der Waals surface area (Å²) in [5.41, 5.74) is 0.890. The normalized spacial score (nSPS) is 16.1. The van der Waals surface area contributed by atoms with Gasteiger partial charge < -0.3 is 4.90 Å². The SMILES string of the molecule is CN(c1cccc(Cl)c1)S(=O)(=O)c1cccc(C(=O)N2CCCN(C(C)(C)C)CC2)c1. The number of hydrogen-bond donors (Lipinski definition) is 0. The average Bonchev–Trinajstić information content (AvgIpc) is 2.99. The second-order valence-electron chi connectivity index (χ2n) is 8.78. The van der Waals surface area contributed by atoms with E-state index in [9.17, 15) is 13.2 Å². The predicted molar refractivity (Wildman–Crippen MR) is 125 cm³/mol. The molecule has 0 N–H and O–H groups in total. The Hall–Kier alpha value is -2.09. The predicted octanol–water partition coefficient (Wildman–Crippen LogP) is 4.11. The van der Waals surface area contributed by atoms with Gasteiger partial charge in [-0.25, -0.2) is 8.42 Å². The summed E-state index contributed by atoms with van der Waals surface area (Å²) in [6, 6.07) is 12.9. The molecule has 1 heterocycles. The highest BCUT2D eigenvalue weighted by Crippen LogP contribution is 2.25. The number of sulfonamides is 1. The second kappa shape index (κ2) is 9.18. The van der Waals surface area contributed by atoms with Gasteiger partial charge in [0.05, 0.1) is 10.6 Å². The quantitative estimate of drug-likeness (QED) is 0.684. The number of halogens is 1. The van der Waals surface area contributed by atoms with E-state index in [0.717, 1.165) is 19.5 Å². The van der Waals surface area contributed by atoms with Gasteiger partial charge in [-0.1, -0.05) is 23.7 Å². The van der Waals surface area contributed by atoms with Crippen molar-refractivity contribution in [1.82, 2.24) is 9.80 Å². The van der Waals surface area contributed by atoms with E-state index in [1.807, 2.05) is 4.90 Å². The molecule has 0 unspecified atom stereocenters. The average molecular weight is 464 g/mol. The maximum atomic E-state index is 13.2. The van der Waals surface area contributed by atoms with E-state index < -0.39 is 10.0 Å². The Bertz CT molecular complexity index is 1050. The highest BCUT2D eigenvalue weighted by Gasteiger charge is 2.27. The molecule has 6 nitrogen and oxygen atoms in total. The number of nitrogens with zero attached hydrogens (tertiary/aromatic N) is 3. The van der Waals surface area contributed by atoms with Crippen LogP contribution >= 0.6 is 11.6 Å². The van der Waals surface area contributed by atoms with E-state index in [4.69, 9.17) is 11.6 Å². The van der Waals surface area contributed by atoms with Crippen LogP contribution in [0.5, 0.6) is 0 Å². The van der Waals surface area contributed by atoms with Crippen molar-refractivity contribution in [3.05, 3.63) is 59.1 Å². The van der Waals surface area contributed by atoms with Gasteiger partial charge in [0.25, 0.3) is 15.9 Å². The van der Waals surface area contributed by atoms with Crippen molar-refractivity contribution in [2.75, 3.05) is 37.5 Å². The van der Waals surface area contributed by atoms with Crippen molar-refractivity contribution in [2.24, 2.45) is 0 Å². The summed E-state index contributed by atoms with van der Waals surface area (Å²) in [7, 11) is -2.36. The van der Waals surface area contributed by atoms with Crippen LogP contribution in [0.1, 0.15) is 37.6 Å². The van der Waals surface area contributed by atoms with Gasteiger partial charge in [-0.05, 0) is 63.6 Å². The third kappa shape index (κ3) is 5.40. The number of rotatable bonds is 4. The molecule has 2 aromatic carbocycles. The minimum absolute atomic E-state index is 0.0535. The Balaban J connectivity index is 1.81. The van der Waals surface area contributed by atoms with Gasteiger partial charge in [-0.15, -0.1) is 0 Å². The Morgan fingerprint density at radius 1 is 1.00 bits per heavy atom. The maximum Gasteiger partial charge on any atom is 0.264 e. The molecule has 0 saturated carbocycles. The van der Waals surface area contributed by atoms with Gasteiger partial charge in [0.1, 0.15) is 0 Å². The lowest BCUT2D eigenvalue weighted by molar-refractivity contribution is 0.0749. The Morgan fingerprint density at radius 3 is 2.39 bits per heavy atom. The summed E-state index contributed by atoms with van der Waals surface area (Å²) in [5, 5.41) is 0.453. The van der Waals surface area contributed by atoms with Gasteiger partial charge in [-0.2, -0.15) is 0 Å². The lowest BCUT2D eigenvalue weighted by atomic mass is 10.1. The van der Waals surface area contributed by atoms with Crippen LogP contribution in [0.4, 0.5) is 5.69 Å². The molecule has 0 aromatic heterocycles. The first-order valence-electron chi connectivity index (χ1n) is 10.4. The standard InChI is InChI=1S/C23H30ClN3O3S/c1-23(2,3)27-13-7-12-26(14-15-27)22(28)18-8-5-11-21(16-18)31(29,30)25(4)20-10-6-9-19(24)17-20/h5-6,8-11,16-17H,7,12-15H2,1-4H3. The summed E-state index contributed by atoms with van der Waals surface area (Å²) in [6.07, 6.45) is 0.887. The van der Waals surface area contributed by atoms with Gasteiger partial charge in [0, 0.05) is 49.4 Å². The molecule has 1 fully saturated rings. The highest BCUT2D eigenvalue weighted by molar-refractivity contribution is 7.92. The van der Waals surface area contributed by atoms with Crippen LogP contribution in [0, 0.1) is 0 Å². The van der Waals surface area contributed by atoms with Crippen LogP contribution in [-0.4, -0.2) is 62.9 Å². The van der Waals surface area contributed by atoms with Gasteiger partial charge in [-0.3, -0.25) is 14.0 Å². The molecular formula is C23H30ClN3O3S. The summed E-state index contributed by atoms with van der Waals surface area (Å²) >= 11 is 6.01. The van der Waals surface area contributed by atoms with Crippen LogP contribution in [0.15, 0.2) is 53.4 Å². The van der Waals surface area contributed by atoms with Crippen molar-refractivity contribution < 1.29 is 13.2 Å². The molecule has 8 heteroatoms. The summed E-state index contributed by atoms with van der Waals surface area (Å²) in [4.78, 5) is 17.4. The molecule has 31 heavy (non-hydrogen) atoms. The van der Waals surface area contributed by atoms with E-state index in [2.05, 4.69) is 25.7 Å². The number of benzene rings is 2. The molecule has 0 radical (unpaired) electrons.